The average molecular weight is 292 g/mol. The van der Waals surface area contributed by atoms with Crippen LogP contribution in [0.25, 0.3) is 0 Å². The normalized spacial score (nSPS) is 10.0. The molecule has 0 aliphatic carbocycles. The fourth-order valence-corrected chi connectivity index (χ4v) is 1.88. The van der Waals surface area contributed by atoms with E-state index >= 15 is 0 Å². The number of benzene rings is 1. The highest BCUT2D eigenvalue weighted by atomic mass is 16.4. The van der Waals surface area contributed by atoms with Gasteiger partial charge in [-0.25, -0.2) is 0 Å². The number of carbonyl (C=O) groups is 3. The third-order valence-electron chi connectivity index (χ3n) is 2.85. The summed E-state index contributed by atoms with van der Waals surface area (Å²) in [6, 6.07) is 7.02. The number of nitrogens with one attached hydrogen (secondary N) is 1. The Morgan fingerprint density at radius 3 is 2.57 bits per heavy atom. The topological polar surface area (TPSA) is 86.7 Å². The van der Waals surface area contributed by atoms with Gasteiger partial charge in [0.2, 0.25) is 5.91 Å². The monoisotopic (exact) mass is 292 g/mol. The Labute approximate surface area is 123 Å². The highest BCUT2D eigenvalue weighted by Crippen LogP contribution is 2.03. The van der Waals surface area contributed by atoms with Crippen LogP contribution in [0.15, 0.2) is 24.3 Å². The summed E-state index contributed by atoms with van der Waals surface area (Å²) in [4.78, 5) is 35.8. The van der Waals surface area contributed by atoms with Crippen LogP contribution in [-0.4, -0.2) is 47.4 Å². The molecule has 0 fully saturated rings. The van der Waals surface area contributed by atoms with E-state index in [4.69, 9.17) is 5.11 Å². The number of hydrogen-bond donors (Lipinski definition) is 2. The van der Waals surface area contributed by atoms with Crippen molar-refractivity contribution in [3.8, 4) is 0 Å². The molecule has 1 aromatic rings. The number of nitrogens with zero attached hydrogens (tertiary/aromatic N) is 1. The number of amides is 2. The second-order valence-corrected chi connectivity index (χ2v) is 4.76. The lowest BCUT2D eigenvalue weighted by Gasteiger charge is -2.20. The fraction of sp³-hybridized carbons (Fsp3) is 0.400. The van der Waals surface area contributed by atoms with E-state index in [-0.39, 0.29) is 19.0 Å². The van der Waals surface area contributed by atoms with E-state index in [0.717, 1.165) is 5.56 Å². The Morgan fingerprint density at radius 2 is 2.00 bits per heavy atom. The van der Waals surface area contributed by atoms with Crippen molar-refractivity contribution in [2.24, 2.45) is 0 Å². The van der Waals surface area contributed by atoms with Gasteiger partial charge in [0.1, 0.15) is 6.54 Å². The van der Waals surface area contributed by atoms with Gasteiger partial charge in [0.15, 0.2) is 0 Å². The summed E-state index contributed by atoms with van der Waals surface area (Å²) in [6.07, 6.45) is 0.658. The van der Waals surface area contributed by atoms with Crippen molar-refractivity contribution >= 4 is 17.8 Å². The first kappa shape index (κ1) is 16.7. The van der Waals surface area contributed by atoms with Crippen LogP contribution >= 0.6 is 0 Å². The van der Waals surface area contributed by atoms with Crippen LogP contribution in [0.4, 0.5) is 0 Å². The minimum Gasteiger partial charge on any atom is -0.480 e. The molecule has 21 heavy (non-hydrogen) atoms. The van der Waals surface area contributed by atoms with E-state index in [2.05, 4.69) is 5.32 Å². The molecule has 0 unspecified atom stereocenters. The molecule has 6 nitrogen and oxygen atoms in total. The van der Waals surface area contributed by atoms with Crippen LogP contribution in [0, 0.1) is 6.92 Å². The smallest absolute Gasteiger partial charge is 0.323 e. The molecule has 0 heterocycles. The summed E-state index contributed by atoms with van der Waals surface area (Å²) in [5, 5.41) is 11.3. The third kappa shape index (κ3) is 5.64. The highest BCUT2D eigenvalue weighted by molar-refractivity contribution is 5.96. The van der Waals surface area contributed by atoms with E-state index in [9.17, 15) is 14.4 Å². The van der Waals surface area contributed by atoms with E-state index < -0.39 is 11.9 Å². The van der Waals surface area contributed by atoms with Crippen molar-refractivity contribution in [3.63, 3.8) is 0 Å². The predicted octanol–water partition coefficient (Wildman–Crippen LogP) is 1.05. The number of aliphatic carboxylic acids is 1. The number of rotatable bonds is 7. The fourth-order valence-electron chi connectivity index (χ4n) is 1.88. The Balaban J connectivity index is 2.58. The van der Waals surface area contributed by atoms with Crippen molar-refractivity contribution in [2.45, 2.75) is 20.3 Å². The number of carboxylic acids is 1. The molecule has 0 radical (unpaired) electrons. The van der Waals surface area contributed by atoms with E-state index in [1.54, 1.807) is 18.2 Å². The Kier molecular flexibility index (Phi) is 6.39. The van der Waals surface area contributed by atoms with Gasteiger partial charge in [-0.1, -0.05) is 24.6 Å². The van der Waals surface area contributed by atoms with Gasteiger partial charge in [-0.05, 0) is 25.5 Å². The largest absolute Gasteiger partial charge is 0.480 e. The molecule has 0 aliphatic heterocycles. The Morgan fingerprint density at radius 1 is 1.29 bits per heavy atom. The highest BCUT2D eigenvalue weighted by Gasteiger charge is 2.16. The molecule has 0 spiro atoms. The zero-order valence-electron chi connectivity index (χ0n) is 12.3. The maximum absolute atomic E-state index is 11.9. The standard InChI is InChI=1S/C15H20N2O4/c1-3-7-17(10-14(19)20)13(18)9-16-15(21)12-6-4-5-11(2)8-12/h4-6,8H,3,7,9-10H2,1-2H3,(H,16,21)(H,19,20). The summed E-state index contributed by atoms with van der Waals surface area (Å²) in [5.41, 5.74) is 1.43. The first-order chi connectivity index (χ1) is 9.93. The lowest BCUT2D eigenvalue weighted by atomic mass is 10.1. The molecule has 1 rings (SSSR count). The van der Waals surface area contributed by atoms with Crippen LogP contribution in [0.3, 0.4) is 0 Å². The molecule has 0 saturated carbocycles. The van der Waals surface area contributed by atoms with Crippen molar-refractivity contribution in [2.75, 3.05) is 19.6 Å². The van der Waals surface area contributed by atoms with E-state index in [0.29, 0.717) is 18.5 Å². The van der Waals surface area contributed by atoms with Gasteiger partial charge in [0.05, 0.1) is 6.54 Å². The van der Waals surface area contributed by atoms with E-state index in [1.807, 2.05) is 19.9 Å². The number of carbonyl (C=O) groups excluding carboxylic acids is 2. The molecule has 0 aliphatic rings. The van der Waals surface area contributed by atoms with Crippen molar-refractivity contribution in [3.05, 3.63) is 35.4 Å². The average Bonchev–Trinajstić information content (AvgIpc) is 2.43. The van der Waals surface area contributed by atoms with Gasteiger partial charge in [0.25, 0.3) is 5.91 Å². The molecule has 2 amide bonds. The van der Waals surface area contributed by atoms with Crippen LogP contribution in [0.5, 0.6) is 0 Å². The van der Waals surface area contributed by atoms with Crippen LogP contribution in [0.1, 0.15) is 29.3 Å². The Hall–Kier alpha value is -2.37. The molecular weight excluding hydrogens is 272 g/mol. The summed E-state index contributed by atoms with van der Waals surface area (Å²) < 4.78 is 0. The number of carboxylic acid groups (broad SMARTS) is 1. The zero-order valence-corrected chi connectivity index (χ0v) is 12.3. The molecule has 2 N–H and O–H groups in total. The SMILES string of the molecule is CCCN(CC(=O)O)C(=O)CNC(=O)c1cccc(C)c1. The summed E-state index contributed by atoms with van der Waals surface area (Å²) >= 11 is 0. The predicted molar refractivity (Wildman–Crippen MR) is 78.0 cm³/mol. The molecule has 0 aromatic heterocycles. The molecule has 1 aromatic carbocycles. The lowest BCUT2D eigenvalue weighted by Crippen LogP contribution is -2.42. The van der Waals surface area contributed by atoms with E-state index in [1.165, 1.54) is 4.90 Å². The second kappa shape index (κ2) is 8.04. The molecule has 114 valence electrons. The zero-order chi connectivity index (χ0) is 15.8. The van der Waals surface area contributed by atoms with Gasteiger partial charge in [0, 0.05) is 12.1 Å². The van der Waals surface area contributed by atoms with Gasteiger partial charge in [-0.15, -0.1) is 0 Å². The molecule has 0 atom stereocenters. The minimum atomic E-state index is -1.07. The number of aryl methyl sites for hydroxylation is 1. The van der Waals surface area contributed by atoms with Gasteiger partial charge < -0.3 is 15.3 Å². The maximum Gasteiger partial charge on any atom is 0.323 e. The van der Waals surface area contributed by atoms with Crippen LogP contribution in [0.2, 0.25) is 0 Å². The van der Waals surface area contributed by atoms with Crippen LogP contribution < -0.4 is 5.32 Å². The minimum absolute atomic E-state index is 0.208. The van der Waals surface area contributed by atoms with Crippen LogP contribution in [-0.2, 0) is 9.59 Å². The molecular formula is C15H20N2O4. The lowest BCUT2D eigenvalue weighted by molar-refractivity contribution is -0.144. The maximum atomic E-state index is 11.9. The van der Waals surface area contributed by atoms with Gasteiger partial charge >= 0.3 is 5.97 Å². The summed E-state index contributed by atoms with van der Waals surface area (Å²) in [7, 11) is 0. The molecule has 0 saturated heterocycles. The first-order valence-corrected chi connectivity index (χ1v) is 6.78. The van der Waals surface area contributed by atoms with Gasteiger partial charge in [-0.2, -0.15) is 0 Å². The second-order valence-electron chi connectivity index (χ2n) is 4.76. The van der Waals surface area contributed by atoms with Crippen molar-refractivity contribution < 1.29 is 19.5 Å². The molecule has 6 heteroatoms. The third-order valence-corrected chi connectivity index (χ3v) is 2.85. The first-order valence-electron chi connectivity index (χ1n) is 6.78. The Bertz CT molecular complexity index is 528. The van der Waals surface area contributed by atoms with Gasteiger partial charge in [-0.3, -0.25) is 14.4 Å². The molecule has 0 bridgehead atoms. The van der Waals surface area contributed by atoms with Crippen molar-refractivity contribution in [1.82, 2.24) is 10.2 Å². The summed E-state index contributed by atoms with van der Waals surface area (Å²) in [5.74, 6) is -1.82. The quantitative estimate of drug-likeness (QED) is 0.786. The number of hydrogen-bond acceptors (Lipinski definition) is 3. The van der Waals surface area contributed by atoms with Crippen molar-refractivity contribution in [1.29, 1.82) is 0 Å². The summed E-state index contributed by atoms with van der Waals surface area (Å²) in [6.45, 7) is 3.52.